The van der Waals surface area contributed by atoms with Gasteiger partial charge in [0.25, 0.3) is 0 Å². The lowest BCUT2D eigenvalue weighted by Gasteiger charge is -2.40. The molecule has 0 spiro atoms. The van der Waals surface area contributed by atoms with Gasteiger partial charge in [0.2, 0.25) is 5.91 Å². The van der Waals surface area contributed by atoms with Crippen LogP contribution in [0.15, 0.2) is 42.5 Å². The number of carbonyl (C=O) groups excluding carboxylic acids is 2. The minimum atomic E-state index is -0.755. The van der Waals surface area contributed by atoms with E-state index < -0.39 is 11.6 Å². The highest BCUT2D eigenvalue weighted by Gasteiger charge is 2.49. The fourth-order valence-corrected chi connectivity index (χ4v) is 4.85. The van der Waals surface area contributed by atoms with E-state index in [2.05, 4.69) is 4.90 Å². The number of methoxy groups -OCH3 is 1. The van der Waals surface area contributed by atoms with Crippen LogP contribution < -0.4 is 9.64 Å². The van der Waals surface area contributed by atoms with Crippen LogP contribution in [0.1, 0.15) is 55.5 Å². The van der Waals surface area contributed by atoms with Crippen molar-refractivity contribution in [3.63, 3.8) is 0 Å². The van der Waals surface area contributed by atoms with E-state index in [0.717, 1.165) is 43.6 Å². The van der Waals surface area contributed by atoms with E-state index >= 15 is 0 Å². The SMILES string of the molecule is COc1cccc2c1C(C)(C)C(=O)N2C(CC(=O)c1ccc(F)cc1)N1CCCCC1.Cl. The van der Waals surface area contributed by atoms with E-state index in [1.807, 2.05) is 32.0 Å². The number of ketones is 1. The van der Waals surface area contributed by atoms with Crippen molar-refractivity contribution in [2.75, 3.05) is 25.1 Å². The van der Waals surface area contributed by atoms with Crippen LogP contribution in [0.25, 0.3) is 0 Å². The zero-order chi connectivity index (χ0) is 22.2. The standard InChI is InChI=1S/C25H29FN2O3.ClH/c1-25(2)23-19(8-7-9-21(23)31-3)28(24(25)30)22(27-14-5-4-6-15-27)16-20(29)17-10-12-18(26)13-11-17;/h7-13,22H,4-6,14-16H2,1-3H3;1H. The number of carbonyl (C=O) groups is 2. The number of anilines is 1. The van der Waals surface area contributed by atoms with Gasteiger partial charge in [-0.1, -0.05) is 12.5 Å². The minimum absolute atomic E-state index is 0. The van der Waals surface area contributed by atoms with Crippen molar-refractivity contribution in [3.8, 4) is 5.75 Å². The number of halogens is 2. The highest BCUT2D eigenvalue weighted by atomic mass is 35.5. The van der Waals surface area contributed by atoms with Gasteiger partial charge in [0.1, 0.15) is 11.6 Å². The lowest BCUT2D eigenvalue weighted by molar-refractivity contribution is -0.123. The molecule has 5 nitrogen and oxygen atoms in total. The summed E-state index contributed by atoms with van der Waals surface area (Å²) in [5.41, 5.74) is 1.37. The number of rotatable bonds is 6. The van der Waals surface area contributed by atoms with Gasteiger partial charge in [-0.3, -0.25) is 19.4 Å². The topological polar surface area (TPSA) is 49.9 Å². The Hall–Kier alpha value is -2.44. The van der Waals surface area contributed by atoms with Crippen molar-refractivity contribution in [1.82, 2.24) is 4.90 Å². The molecule has 1 atom stereocenters. The molecule has 1 amide bonds. The minimum Gasteiger partial charge on any atom is -0.496 e. The average molecular weight is 461 g/mol. The molecule has 2 aromatic carbocycles. The Kier molecular flexibility index (Phi) is 7.25. The zero-order valence-corrected chi connectivity index (χ0v) is 19.6. The van der Waals surface area contributed by atoms with Gasteiger partial charge in [-0.2, -0.15) is 0 Å². The van der Waals surface area contributed by atoms with Crippen molar-refractivity contribution in [3.05, 3.63) is 59.4 Å². The van der Waals surface area contributed by atoms with Crippen molar-refractivity contribution in [2.24, 2.45) is 0 Å². The molecule has 2 aliphatic rings. The first-order valence-corrected chi connectivity index (χ1v) is 10.9. The lowest BCUT2D eigenvalue weighted by Crippen LogP contribution is -2.54. The van der Waals surface area contributed by atoms with Crippen LogP contribution in [0.2, 0.25) is 0 Å². The summed E-state index contributed by atoms with van der Waals surface area (Å²) < 4.78 is 18.9. The monoisotopic (exact) mass is 460 g/mol. The number of amides is 1. The number of piperidine rings is 1. The van der Waals surface area contributed by atoms with Gasteiger partial charge in [0.15, 0.2) is 5.78 Å². The number of hydrogen-bond donors (Lipinski definition) is 0. The van der Waals surface area contributed by atoms with Crippen molar-refractivity contribution < 1.29 is 18.7 Å². The van der Waals surface area contributed by atoms with E-state index in [-0.39, 0.29) is 36.3 Å². The number of ether oxygens (including phenoxy) is 1. The summed E-state index contributed by atoms with van der Waals surface area (Å²) in [6.07, 6.45) is 3.00. The second kappa shape index (κ2) is 9.59. The first kappa shape index (κ1) is 24.2. The zero-order valence-electron chi connectivity index (χ0n) is 18.8. The molecule has 1 saturated heterocycles. The highest BCUT2D eigenvalue weighted by Crippen LogP contribution is 2.48. The van der Waals surface area contributed by atoms with E-state index in [9.17, 15) is 14.0 Å². The molecule has 0 saturated carbocycles. The third kappa shape index (κ3) is 4.26. The Labute approximate surface area is 194 Å². The third-order valence-electron chi connectivity index (χ3n) is 6.51. The lowest BCUT2D eigenvalue weighted by atomic mass is 9.85. The molecule has 172 valence electrons. The van der Waals surface area contributed by atoms with Gasteiger partial charge in [-0.15, -0.1) is 12.4 Å². The molecule has 7 heteroatoms. The van der Waals surface area contributed by atoms with Crippen LogP contribution in [0.5, 0.6) is 5.75 Å². The first-order chi connectivity index (χ1) is 14.8. The normalized spacial score (nSPS) is 18.6. The third-order valence-corrected chi connectivity index (χ3v) is 6.51. The van der Waals surface area contributed by atoms with Crippen LogP contribution in [-0.2, 0) is 10.2 Å². The fraction of sp³-hybridized carbons (Fsp3) is 0.440. The molecule has 1 unspecified atom stereocenters. The Morgan fingerprint density at radius 2 is 1.75 bits per heavy atom. The van der Waals surface area contributed by atoms with Crippen LogP contribution in [0, 0.1) is 5.82 Å². The fourth-order valence-electron chi connectivity index (χ4n) is 4.85. The van der Waals surface area contributed by atoms with E-state index in [0.29, 0.717) is 11.3 Å². The summed E-state index contributed by atoms with van der Waals surface area (Å²) >= 11 is 0. The summed E-state index contributed by atoms with van der Waals surface area (Å²) in [6.45, 7) is 5.49. The van der Waals surface area contributed by atoms with Gasteiger partial charge in [0, 0.05) is 30.6 Å². The molecule has 0 radical (unpaired) electrons. The molecule has 2 aromatic rings. The molecule has 0 aliphatic carbocycles. The molecule has 2 aliphatic heterocycles. The highest BCUT2D eigenvalue weighted by molar-refractivity contribution is 6.09. The Bertz CT molecular complexity index is 987. The van der Waals surface area contributed by atoms with E-state index in [1.54, 1.807) is 12.0 Å². The summed E-state index contributed by atoms with van der Waals surface area (Å²) in [7, 11) is 1.61. The van der Waals surface area contributed by atoms with Crippen molar-refractivity contribution in [2.45, 2.75) is 51.1 Å². The molecule has 1 fully saturated rings. The van der Waals surface area contributed by atoms with Gasteiger partial charge in [-0.25, -0.2) is 4.39 Å². The van der Waals surface area contributed by atoms with Crippen molar-refractivity contribution in [1.29, 1.82) is 0 Å². The quantitative estimate of drug-likeness (QED) is 0.571. The number of hydrogen-bond acceptors (Lipinski definition) is 4. The smallest absolute Gasteiger partial charge is 0.238 e. The van der Waals surface area contributed by atoms with E-state index in [4.69, 9.17) is 4.74 Å². The maximum atomic E-state index is 13.7. The van der Waals surface area contributed by atoms with Crippen LogP contribution in [0.3, 0.4) is 0 Å². The molecule has 0 aromatic heterocycles. The molecule has 4 rings (SSSR count). The summed E-state index contributed by atoms with van der Waals surface area (Å²) in [6, 6.07) is 11.3. The van der Waals surface area contributed by atoms with Crippen LogP contribution in [0.4, 0.5) is 10.1 Å². The number of nitrogens with zero attached hydrogens (tertiary/aromatic N) is 2. The van der Waals surface area contributed by atoms with Crippen LogP contribution in [-0.4, -0.2) is 43.0 Å². The second-order valence-electron chi connectivity index (χ2n) is 8.87. The van der Waals surface area contributed by atoms with Crippen LogP contribution >= 0.6 is 12.4 Å². The number of fused-ring (bicyclic) bond motifs is 1. The van der Waals surface area contributed by atoms with Gasteiger partial charge < -0.3 is 4.74 Å². The summed E-state index contributed by atoms with van der Waals surface area (Å²) in [5, 5.41) is 0. The number of Topliss-reactive ketones (excluding diaryl/α,β-unsaturated/α-hetero) is 1. The summed E-state index contributed by atoms with van der Waals surface area (Å²) in [5.74, 6) is 0.175. The molecule has 0 bridgehead atoms. The first-order valence-electron chi connectivity index (χ1n) is 10.9. The average Bonchev–Trinajstić information content (AvgIpc) is 2.98. The van der Waals surface area contributed by atoms with E-state index in [1.165, 1.54) is 24.3 Å². The largest absolute Gasteiger partial charge is 0.496 e. The molecular formula is C25H30ClFN2O3. The Morgan fingerprint density at radius 1 is 1.09 bits per heavy atom. The maximum absolute atomic E-state index is 13.7. The Balaban J connectivity index is 0.00000289. The molecule has 2 heterocycles. The van der Waals surface area contributed by atoms with Gasteiger partial charge in [0.05, 0.1) is 24.4 Å². The predicted octanol–water partition coefficient (Wildman–Crippen LogP) is 4.97. The summed E-state index contributed by atoms with van der Waals surface area (Å²) in [4.78, 5) is 30.9. The second-order valence-corrected chi connectivity index (χ2v) is 8.87. The molecule has 0 N–H and O–H groups in total. The Morgan fingerprint density at radius 3 is 2.38 bits per heavy atom. The van der Waals surface area contributed by atoms with Gasteiger partial charge >= 0.3 is 0 Å². The van der Waals surface area contributed by atoms with Gasteiger partial charge in [-0.05, 0) is 63.1 Å². The predicted molar refractivity (Wildman–Crippen MR) is 125 cm³/mol. The van der Waals surface area contributed by atoms with Crippen molar-refractivity contribution >= 4 is 29.8 Å². The molecular weight excluding hydrogens is 431 g/mol. The maximum Gasteiger partial charge on any atom is 0.238 e. The number of likely N-dealkylation sites (tertiary alicyclic amines) is 1. The number of benzene rings is 2. The molecule has 32 heavy (non-hydrogen) atoms.